The van der Waals surface area contributed by atoms with Crippen molar-refractivity contribution in [2.24, 2.45) is 0 Å². The zero-order valence-electron chi connectivity index (χ0n) is 16.9. The van der Waals surface area contributed by atoms with Crippen LogP contribution in [0.25, 0.3) is 0 Å². The molecule has 1 atom stereocenters. The Kier molecular flexibility index (Phi) is 10.1. The lowest BCUT2D eigenvalue weighted by molar-refractivity contribution is 0.275. The van der Waals surface area contributed by atoms with Crippen molar-refractivity contribution >= 4 is 11.8 Å². The van der Waals surface area contributed by atoms with Crippen LogP contribution in [0.5, 0.6) is 5.75 Å². The summed E-state index contributed by atoms with van der Waals surface area (Å²) in [5, 5.41) is 12.7. The van der Waals surface area contributed by atoms with Gasteiger partial charge >= 0.3 is 0 Å². The average molecular weight is 387 g/mol. The van der Waals surface area contributed by atoms with Crippen LogP contribution in [0.2, 0.25) is 0 Å². The first-order valence-electron chi connectivity index (χ1n) is 10.4. The molecule has 6 nitrogen and oxygen atoms in total. The molecule has 0 bridgehead atoms. The van der Waals surface area contributed by atoms with Crippen LogP contribution in [0.4, 0.5) is 11.8 Å². The quantitative estimate of drug-likeness (QED) is 0.421. The van der Waals surface area contributed by atoms with Crippen LogP contribution < -0.4 is 15.8 Å². The van der Waals surface area contributed by atoms with Crippen LogP contribution >= 0.6 is 0 Å². The van der Waals surface area contributed by atoms with Gasteiger partial charge in [-0.15, -0.1) is 0 Å². The third kappa shape index (κ3) is 8.13. The maximum Gasteiger partial charge on any atom is 0.222 e. The predicted molar refractivity (Wildman–Crippen MR) is 115 cm³/mol. The Morgan fingerprint density at radius 3 is 2.68 bits per heavy atom. The molecule has 0 amide bonds. The van der Waals surface area contributed by atoms with Crippen LogP contribution in [0.15, 0.2) is 36.5 Å². The Balaban J connectivity index is 1.80. The molecule has 0 aliphatic heterocycles. The number of ether oxygens (including phenoxy) is 1. The molecular formula is C22H34N4O2. The van der Waals surface area contributed by atoms with E-state index in [1.807, 2.05) is 6.07 Å². The van der Waals surface area contributed by atoms with E-state index in [2.05, 4.69) is 46.5 Å². The number of nitrogens with zero attached hydrogens (tertiary/aromatic N) is 2. The topological polar surface area (TPSA) is 93.3 Å². The number of nitrogens with two attached hydrogens (primary N) is 1. The summed E-state index contributed by atoms with van der Waals surface area (Å²) >= 11 is 0. The van der Waals surface area contributed by atoms with Gasteiger partial charge in [0.2, 0.25) is 5.95 Å². The molecule has 0 fully saturated rings. The maximum atomic E-state index is 9.32. The molecule has 1 aromatic heterocycles. The molecule has 0 aliphatic rings. The first-order chi connectivity index (χ1) is 13.7. The van der Waals surface area contributed by atoms with Gasteiger partial charge in [-0.3, -0.25) is 0 Å². The van der Waals surface area contributed by atoms with Gasteiger partial charge in [-0.25, -0.2) is 4.98 Å². The van der Waals surface area contributed by atoms with E-state index in [-0.39, 0.29) is 18.6 Å². The number of aliphatic hydroxyl groups excluding tert-OH is 1. The van der Waals surface area contributed by atoms with Gasteiger partial charge in [0.25, 0.3) is 0 Å². The molecule has 2 aromatic rings. The highest BCUT2D eigenvalue weighted by Gasteiger charge is 2.13. The van der Waals surface area contributed by atoms with Gasteiger partial charge in [0.15, 0.2) is 11.6 Å². The molecule has 0 spiro atoms. The summed E-state index contributed by atoms with van der Waals surface area (Å²) in [5.74, 6) is 1.46. The van der Waals surface area contributed by atoms with E-state index in [1.165, 1.54) is 5.56 Å². The number of nitrogens with one attached hydrogen (secondary N) is 1. The summed E-state index contributed by atoms with van der Waals surface area (Å²) in [6, 6.07) is 10.7. The first-order valence-corrected chi connectivity index (χ1v) is 10.4. The molecule has 6 heteroatoms. The Labute approximate surface area is 168 Å². The van der Waals surface area contributed by atoms with Crippen LogP contribution in [0.1, 0.15) is 57.4 Å². The fourth-order valence-electron chi connectivity index (χ4n) is 3.12. The third-order valence-electron chi connectivity index (χ3n) is 4.71. The van der Waals surface area contributed by atoms with Crippen molar-refractivity contribution in [1.82, 2.24) is 9.97 Å². The SMILES string of the molecule is CCCC[C@@H](CCO)Nc1nc(N)ncc1OCCCCCc1ccccc1. The highest BCUT2D eigenvalue weighted by Crippen LogP contribution is 2.24. The van der Waals surface area contributed by atoms with Crippen molar-refractivity contribution < 1.29 is 9.84 Å². The largest absolute Gasteiger partial charge is 0.488 e. The molecule has 2 rings (SSSR count). The number of aliphatic hydroxyl groups is 1. The van der Waals surface area contributed by atoms with Crippen molar-refractivity contribution in [1.29, 1.82) is 0 Å². The first kappa shape index (κ1) is 22.0. The van der Waals surface area contributed by atoms with Gasteiger partial charge in [-0.2, -0.15) is 4.98 Å². The zero-order chi connectivity index (χ0) is 20.0. The van der Waals surface area contributed by atoms with Gasteiger partial charge in [0.1, 0.15) is 0 Å². The maximum absolute atomic E-state index is 9.32. The van der Waals surface area contributed by atoms with E-state index in [9.17, 15) is 5.11 Å². The van der Waals surface area contributed by atoms with E-state index in [1.54, 1.807) is 6.20 Å². The summed E-state index contributed by atoms with van der Waals surface area (Å²) in [6.07, 6.45) is 9.81. The van der Waals surface area contributed by atoms with E-state index in [0.29, 0.717) is 24.6 Å². The molecular weight excluding hydrogens is 352 g/mol. The lowest BCUT2D eigenvalue weighted by atomic mass is 10.1. The average Bonchev–Trinajstić information content (AvgIpc) is 2.71. The van der Waals surface area contributed by atoms with Crippen molar-refractivity contribution in [3.63, 3.8) is 0 Å². The molecule has 1 heterocycles. The Hall–Kier alpha value is -2.34. The number of hydrogen-bond acceptors (Lipinski definition) is 6. The van der Waals surface area contributed by atoms with Gasteiger partial charge in [0.05, 0.1) is 12.8 Å². The Morgan fingerprint density at radius 2 is 1.93 bits per heavy atom. The van der Waals surface area contributed by atoms with Crippen LogP contribution in [0.3, 0.4) is 0 Å². The van der Waals surface area contributed by atoms with Gasteiger partial charge < -0.3 is 20.9 Å². The molecule has 0 unspecified atom stereocenters. The van der Waals surface area contributed by atoms with Crippen LogP contribution in [0, 0.1) is 0 Å². The molecule has 0 saturated carbocycles. The van der Waals surface area contributed by atoms with Crippen molar-refractivity contribution in [3.8, 4) is 5.75 Å². The zero-order valence-corrected chi connectivity index (χ0v) is 16.9. The number of nitrogen functional groups attached to an aromatic ring is 1. The number of unbranched alkanes of at least 4 members (excludes halogenated alkanes) is 3. The molecule has 0 aliphatic carbocycles. The number of aromatic nitrogens is 2. The fraction of sp³-hybridized carbons (Fsp3) is 0.545. The second-order valence-corrected chi connectivity index (χ2v) is 7.08. The third-order valence-corrected chi connectivity index (χ3v) is 4.71. The lowest BCUT2D eigenvalue weighted by Gasteiger charge is -2.20. The monoisotopic (exact) mass is 386 g/mol. The van der Waals surface area contributed by atoms with E-state index < -0.39 is 0 Å². The highest BCUT2D eigenvalue weighted by atomic mass is 16.5. The minimum atomic E-state index is 0.138. The Morgan fingerprint density at radius 1 is 1.11 bits per heavy atom. The van der Waals surface area contributed by atoms with Gasteiger partial charge in [-0.05, 0) is 44.1 Å². The van der Waals surface area contributed by atoms with Crippen molar-refractivity contribution in [2.75, 3.05) is 24.3 Å². The number of anilines is 2. The lowest BCUT2D eigenvalue weighted by Crippen LogP contribution is -2.22. The van der Waals surface area contributed by atoms with Crippen LogP contribution in [-0.4, -0.2) is 34.3 Å². The van der Waals surface area contributed by atoms with E-state index in [4.69, 9.17) is 10.5 Å². The fourth-order valence-corrected chi connectivity index (χ4v) is 3.12. The summed E-state index contributed by atoms with van der Waals surface area (Å²) in [7, 11) is 0. The number of aryl methyl sites for hydroxylation is 1. The predicted octanol–water partition coefficient (Wildman–Crippen LogP) is 4.20. The molecule has 154 valence electrons. The normalized spacial score (nSPS) is 11.9. The summed E-state index contributed by atoms with van der Waals surface area (Å²) in [6.45, 7) is 2.92. The molecule has 0 radical (unpaired) electrons. The second kappa shape index (κ2) is 12.9. The Bertz CT molecular complexity index is 667. The molecule has 0 saturated heterocycles. The van der Waals surface area contributed by atoms with Crippen molar-refractivity contribution in [3.05, 3.63) is 42.1 Å². The number of benzene rings is 1. The van der Waals surface area contributed by atoms with Gasteiger partial charge in [0, 0.05) is 12.6 Å². The smallest absolute Gasteiger partial charge is 0.222 e. The number of hydrogen-bond donors (Lipinski definition) is 3. The minimum Gasteiger partial charge on any atom is -0.488 e. The number of rotatable bonds is 14. The van der Waals surface area contributed by atoms with E-state index in [0.717, 1.165) is 44.9 Å². The minimum absolute atomic E-state index is 0.138. The van der Waals surface area contributed by atoms with Crippen molar-refractivity contribution in [2.45, 2.75) is 64.3 Å². The summed E-state index contributed by atoms with van der Waals surface area (Å²) in [4.78, 5) is 8.37. The molecule has 28 heavy (non-hydrogen) atoms. The van der Waals surface area contributed by atoms with Gasteiger partial charge in [-0.1, -0.05) is 50.1 Å². The summed E-state index contributed by atoms with van der Waals surface area (Å²) in [5.41, 5.74) is 7.14. The van der Waals surface area contributed by atoms with Crippen LogP contribution in [-0.2, 0) is 6.42 Å². The second-order valence-electron chi connectivity index (χ2n) is 7.08. The molecule has 4 N–H and O–H groups in total. The summed E-state index contributed by atoms with van der Waals surface area (Å²) < 4.78 is 5.92. The molecule has 1 aromatic carbocycles. The standard InChI is InChI=1S/C22H34N4O2/c1-2-3-13-19(14-15-27)25-21-20(17-24-22(23)26-21)28-16-9-5-8-12-18-10-6-4-7-11-18/h4,6-7,10-11,17,19,27H,2-3,5,8-9,12-16H2,1H3,(H3,23,24,25,26)/t19-/m0/s1. The highest BCUT2D eigenvalue weighted by molar-refractivity contribution is 5.51. The van der Waals surface area contributed by atoms with E-state index >= 15 is 0 Å².